The highest BCUT2D eigenvalue weighted by Crippen LogP contribution is 2.17. The normalized spacial score (nSPS) is 21.6. The molecule has 0 saturated heterocycles. The van der Waals surface area contributed by atoms with Gasteiger partial charge in [-0.3, -0.25) is 0 Å². The largest absolute Gasteiger partial charge is 0.495 e. The molecule has 1 aliphatic rings. The average molecular weight is 186 g/mol. The van der Waals surface area contributed by atoms with Gasteiger partial charge in [0, 0.05) is 0 Å². The van der Waals surface area contributed by atoms with Crippen molar-refractivity contribution in [2.75, 3.05) is 6.61 Å². The van der Waals surface area contributed by atoms with E-state index in [1.54, 1.807) is 0 Å². The summed E-state index contributed by atoms with van der Waals surface area (Å²) in [5.74, 6) is 0.548. The van der Waals surface area contributed by atoms with Crippen LogP contribution in [0.2, 0.25) is 0 Å². The molecule has 0 radical (unpaired) electrons. The zero-order chi connectivity index (χ0) is 9.68. The lowest BCUT2D eigenvalue weighted by atomic mass is 10.1. The summed E-state index contributed by atoms with van der Waals surface area (Å²) >= 11 is 0. The first-order chi connectivity index (χ1) is 6.25. The molecule has 0 aromatic rings. The molecule has 0 spiro atoms. The predicted molar refractivity (Wildman–Crippen MR) is 50.2 cm³/mol. The monoisotopic (exact) mass is 186 g/mol. The third-order valence-electron chi connectivity index (χ3n) is 2.20. The number of allylic oxidation sites excluding steroid dienone is 1. The van der Waals surface area contributed by atoms with E-state index in [1.807, 2.05) is 13.0 Å². The Bertz CT molecular complexity index is 177. The number of aliphatic hydroxyl groups excluding tert-OH is 2. The van der Waals surface area contributed by atoms with Crippen molar-refractivity contribution in [1.29, 1.82) is 0 Å². The lowest BCUT2D eigenvalue weighted by molar-refractivity contribution is -0.00490. The Morgan fingerprint density at radius 2 is 2.31 bits per heavy atom. The quantitative estimate of drug-likeness (QED) is 0.693. The Labute approximate surface area is 79.0 Å². The first-order valence-electron chi connectivity index (χ1n) is 4.94. The molecule has 1 aliphatic heterocycles. The lowest BCUT2D eigenvalue weighted by Crippen LogP contribution is -2.29. The third kappa shape index (κ3) is 3.01. The summed E-state index contributed by atoms with van der Waals surface area (Å²) in [6, 6.07) is 0. The number of hydrogen-bond acceptors (Lipinski definition) is 3. The van der Waals surface area contributed by atoms with Crippen molar-refractivity contribution < 1.29 is 14.9 Å². The number of ether oxygens (including phenoxy) is 1. The van der Waals surface area contributed by atoms with Crippen molar-refractivity contribution in [3.05, 3.63) is 11.8 Å². The molecule has 0 bridgehead atoms. The van der Waals surface area contributed by atoms with E-state index in [9.17, 15) is 10.2 Å². The maximum Gasteiger partial charge on any atom is 0.136 e. The van der Waals surface area contributed by atoms with Gasteiger partial charge >= 0.3 is 0 Å². The molecule has 0 amide bonds. The summed E-state index contributed by atoms with van der Waals surface area (Å²) in [4.78, 5) is 0. The lowest BCUT2D eigenvalue weighted by Gasteiger charge is -2.23. The Morgan fingerprint density at radius 3 is 2.85 bits per heavy atom. The van der Waals surface area contributed by atoms with Crippen LogP contribution in [0.5, 0.6) is 0 Å². The van der Waals surface area contributed by atoms with E-state index < -0.39 is 12.2 Å². The standard InChI is InChI=1S/C10H18O3/c1-2-5-8(11)10(12)9-6-3-4-7-13-9/h6,8,10-12H,2-5,7H2,1H3. The Kier molecular flexibility index (Phi) is 4.25. The molecule has 0 aromatic carbocycles. The van der Waals surface area contributed by atoms with Crippen LogP contribution in [0.25, 0.3) is 0 Å². The first kappa shape index (κ1) is 10.5. The topological polar surface area (TPSA) is 49.7 Å². The van der Waals surface area contributed by atoms with Gasteiger partial charge in [0.15, 0.2) is 0 Å². The molecule has 0 fully saturated rings. The molecule has 0 saturated carbocycles. The Balaban J connectivity index is 2.44. The van der Waals surface area contributed by atoms with Gasteiger partial charge in [0.05, 0.1) is 12.7 Å². The Hall–Kier alpha value is -0.540. The molecule has 3 heteroatoms. The summed E-state index contributed by atoms with van der Waals surface area (Å²) in [5, 5.41) is 19.1. The van der Waals surface area contributed by atoms with Crippen LogP contribution >= 0.6 is 0 Å². The molecule has 76 valence electrons. The highest BCUT2D eigenvalue weighted by molar-refractivity contribution is 5.04. The number of aliphatic hydroxyl groups is 2. The van der Waals surface area contributed by atoms with Crippen LogP contribution in [-0.2, 0) is 4.74 Å². The fraction of sp³-hybridized carbons (Fsp3) is 0.800. The fourth-order valence-corrected chi connectivity index (χ4v) is 1.43. The molecular formula is C10H18O3. The van der Waals surface area contributed by atoms with Crippen molar-refractivity contribution in [2.24, 2.45) is 0 Å². The molecule has 1 rings (SSSR count). The second-order valence-electron chi connectivity index (χ2n) is 3.40. The van der Waals surface area contributed by atoms with Crippen molar-refractivity contribution in [1.82, 2.24) is 0 Å². The van der Waals surface area contributed by atoms with Gasteiger partial charge in [0.25, 0.3) is 0 Å². The second kappa shape index (κ2) is 5.25. The SMILES string of the molecule is CCCC(O)C(O)C1=CCCCO1. The van der Waals surface area contributed by atoms with Gasteiger partial charge in [0.1, 0.15) is 11.9 Å². The van der Waals surface area contributed by atoms with Gasteiger partial charge in [-0.05, 0) is 25.3 Å². The first-order valence-corrected chi connectivity index (χ1v) is 4.94. The van der Waals surface area contributed by atoms with Gasteiger partial charge in [-0.15, -0.1) is 0 Å². The summed E-state index contributed by atoms with van der Waals surface area (Å²) in [5.41, 5.74) is 0. The van der Waals surface area contributed by atoms with Crippen LogP contribution in [0.15, 0.2) is 11.8 Å². The van der Waals surface area contributed by atoms with Gasteiger partial charge in [-0.25, -0.2) is 0 Å². The second-order valence-corrected chi connectivity index (χ2v) is 3.40. The number of rotatable bonds is 4. The zero-order valence-electron chi connectivity index (χ0n) is 8.07. The van der Waals surface area contributed by atoms with E-state index in [0.29, 0.717) is 18.8 Å². The summed E-state index contributed by atoms with van der Waals surface area (Å²) in [6.45, 7) is 2.63. The summed E-state index contributed by atoms with van der Waals surface area (Å²) in [7, 11) is 0. The van der Waals surface area contributed by atoms with Crippen LogP contribution in [0.4, 0.5) is 0 Å². The Morgan fingerprint density at radius 1 is 1.54 bits per heavy atom. The van der Waals surface area contributed by atoms with Gasteiger partial charge in [0.2, 0.25) is 0 Å². The van der Waals surface area contributed by atoms with Gasteiger partial charge in [-0.1, -0.05) is 13.3 Å². The molecule has 2 atom stereocenters. The molecule has 0 aromatic heterocycles. The van der Waals surface area contributed by atoms with E-state index in [2.05, 4.69) is 0 Å². The number of hydrogen-bond donors (Lipinski definition) is 2. The highest BCUT2D eigenvalue weighted by atomic mass is 16.5. The minimum Gasteiger partial charge on any atom is -0.495 e. The van der Waals surface area contributed by atoms with Crippen LogP contribution in [0.3, 0.4) is 0 Å². The van der Waals surface area contributed by atoms with E-state index in [0.717, 1.165) is 19.3 Å². The van der Waals surface area contributed by atoms with E-state index >= 15 is 0 Å². The van der Waals surface area contributed by atoms with Crippen molar-refractivity contribution in [3.8, 4) is 0 Å². The van der Waals surface area contributed by atoms with E-state index in [-0.39, 0.29) is 0 Å². The minimum atomic E-state index is -0.833. The smallest absolute Gasteiger partial charge is 0.136 e. The van der Waals surface area contributed by atoms with Crippen molar-refractivity contribution in [3.63, 3.8) is 0 Å². The fourth-order valence-electron chi connectivity index (χ4n) is 1.43. The summed E-state index contributed by atoms with van der Waals surface area (Å²) in [6.07, 6.45) is 3.76. The van der Waals surface area contributed by atoms with Crippen LogP contribution in [0.1, 0.15) is 32.6 Å². The molecule has 0 aliphatic carbocycles. The average Bonchev–Trinajstić information content (AvgIpc) is 2.18. The summed E-state index contributed by atoms with van der Waals surface area (Å²) < 4.78 is 5.26. The van der Waals surface area contributed by atoms with Crippen LogP contribution in [-0.4, -0.2) is 29.0 Å². The van der Waals surface area contributed by atoms with E-state index in [4.69, 9.17) is 4.74 Å². The molecule has 2 unspecified atom stereocenters. The highest BCUT2D eigenvalue weighted by Gasteiger charge is 2.22. The maximum atomic E-state index is 9.63. The van der Waals surface area contributed by atoms with Crippen LogP contribution in [0, 0.1) is 0 Å². The minimum absolute atomic E-state index is 0.548. The molecule has 1 heterocycles. The maximum absolute atomic E-state index is 9.63. The zero-order valence-corrected chi connectivity index (χ0v) is 8.07. The van der Waals surface area contributed by atoms with Gasteiger partial charge in [-0.2, -0.15) is 0 Å². The van der Waals surface area contributed by atoms with Crippen molar-refractivity contribution >= 4 is 0 Å². The van der Waals surface area contributed by atoms with Crippen LogP contribution < -0.4 is 0 Å². The van der Waals surface area contributed by atoms with Crippen molar-refractivity contribution in [2.45, 2.75) is 44.8 Å². The van der Waals surface area contributed by atoms with E-state index in [1.165, 1.54) is 0 Å². The predicted octanol–water partition coefficient (Wildman–Crippen LogP) is 1.20. The van der Waals surface area contributed by atoms with Gasteiger partial charge < -0.3 is 14.9 Å². The molecule has 2 N–H and O–H groups in total. The third-order valence-corrected chi connectivity index (χ3v) is 2.20. The molecule has 3 nitrogen and oxygen atoms in total. The molecule has 13 heavy (non-hydrogen) atoms. The molecular weight excluding hydrogens is 168 g/mol.